The summed E-state index contributed by atoms with van der Waals surface area (Å²) < 4.78 is 37.2. The molecular weight excluding hydrogens is 307 g/mol. The first-order chi connectivity index (χ1) is 9.38. The summed E-state index contributed by atoms with van der Waals surface area (Å²) in [6.07, 6.45) is -3.50. The first kappa shape index (κ1) is 15.1. The number of aryl methyl sites for hydroxylation is 1. The van der Waals surface area contributed by atoms with E-state index in [-0.39, 0.29) is 16.4 Å². The molecule has 2 rings (SSSR count). The number of nitrogens with zero attached hydrogens (tertiary/aromatic N) is 1. The third-order valence-electron chi connectivity index (χ3n) is 2.48. The number of aromatic nitrogens is 1. The van der Waals surface area contributed by atoms with E-state index < -0.39 is 11.2 Å². The molecule has 0 fully saturated rings. The Kier molecular flexibility index (Phi) is 4.49. The summed E-state index contributed by atoms with van der Waals surface area (Å²) in [5.74, 6) is -0.240. The highest BCUT2D eigenvalue weighted by molar-refractivity contribution is 8.00. The molecule has 0 radical (unpaired) electrons. The van der Waals surface area contributed by atoms with Crippen LogP contribution in [0.4, 0.5) is 13.2 Å². The van der Waals surface area contributed by atoms with Crippen molar-refractivity contribution in [1.29, 1.82) is 0 Å². The maximum atomic E-state index is 12.4. The number of carbonyl (C=O) groups is 1. The number of carbonyl (C=O) groups excluding carboxylic acids is 1. The Bertz CT molecular complexity index is 622. The molecule has 2 aromatic rings. The topological polar surface area (TPSA) is 30.0 Å². The van der Waals surface area contributed by atoms with Crippen LogP contribution >= 0.6 is 23.1 Å². The van der Waals surface area contributed by atoms with Crippen molar-refractivity contribution >= 4 is 28.9 Å². The van der Waals surface area contributed by atoms with Gasteiger partial charge in [0.25, 0.3) is 0 Å². The Morgan fingerprint density at radius 1 is 1.35 bits per heavy atom. The number of thioether (sulfide) groups is 1. The molecule has 20 heavy (non-hydrogen) atoms. The summed E-state index contributed by atoms with van der Waals surface area (Å²) in [6.45, 7) is 1.92. The minimum absolute atomic E-state index is 0.0402. The molecule has 0 spiro atoms. The van der Waals surface area contributed by atoms with E-state index in [0.717, 1.165) is 16.7 Å². The van der Waals surface area contributed by atoms with Crippen LogP contribution < -0.4 is 0 Å². The van der Waals surface area contributed by atoms with Crippen LogP contribution in [0, 0.1) is 6.92 Å². The molecule has 0 saturated heterocycles. The van der Waals surface area contributed by atoms with E-state index in [4.69, 9.17) is 0 Å². The summed E-state index contributed by atoms with van der Waals surface area (Å²) in [5, 5.41) is -0.984. The second kappa shape index (κ2) is 5.97. The average molecular weight is 317 g/mol. The Labute approximate surface area is 122 Å². The van der Waals surface area contributed by atoms with Gasteiger partial charge in [0.05, 0.1) is 10.6 Å². The van der Waals surface area contributed by atoms with Crippen LogP contribution in [-0.4, -0.2) is 16.5 Å². The number of halogens is 3. The smallest absolute Gasteiger partial charge is 0.292 e. The molecule has 0 bridgehead atoms. The van der Waals surface area contributed by atoms with E-state index in [0.29, 0.717) is 11.3 Å². The molecular formula is C13H10F3NOS2. The molecule has 2 nitrogen and oxygen atoms in total. The molecule has 0 aliphatic carbocycles. The van der Waals surface area contributed by atoms with Crippen LogP contribution in [0.15, 0.2) is 35.4 Å². The Morgan fingerprint density at radius 2 is 2.05 bits per heavy atom. The predicted octanol–water partition coefficient (Wildman–Crippen LogP) is 4.45. The van der Waals surface area contributed by atoms with Crippen LogP contribution in [0.5, 0.6) is 0 Å². The van der Waals surface area contributed by atoms with Gasteiger partial charge in [-0.25, -0.2) is 4.98 Å². The Balaban J connectivity index is 2.02. The van der Waals surface area contributed by atoms with E-state index in [1.54, 1.807) is 0 Å². The second-order valence-corrected chi connectivity index (χ2v) is 6.05. The van der Waals surface area contributed by atoms with Gasteiger partial charge in [-0.15, -0.1) is 23.1 Å². The van der Waals surface area contributed by atoms with Crippen molar-refractivity contribution in [3.8, 4) is 0 Å². The third kappa shape index (κ3) is 3.61. The summed E-state index contributed by atoms with van der Waals surface area (Å²) >= 11 is 1.70. The van der Waals surface area contributed by atoms with Crippen LogP contribution in [0.2, 0.25) is 0 Å². The van der Waals surface area contributed by atoms with Gasteiger partial charge in [0.15, 0.2) is 10.8 Å². The zero-order chi connectivity index (χ0) is 14.8. The van der Waals surface area contributed by atoms with Gasteiger partial charge in [-0.3, -0.25) is 4.79 Å². The van der Waals surface area contributed by atoms with Crippen molar-refractivity contribution in [1.82, 2.24) is 4.98 Å². The van der Waals surface area contributed by atoms with Gasteiger partial charge in [-0.2, -0.15) is 13.2 Å². The molecule has 0 N–H and O–H groups in total. The first-order valence-corrected chi connectivity index (χ1v) is 7.43. The number of thiazole rings is 1. The molecule has 0 aliphatic heterocycles. The van der Waals surface area contributed by atoms with Gasteiger partial charge in [-0.05, 0) is 18.6 Å². The van der Waals surface area contributed by atoms with Gasteiger partial charge in [0.2, 0.25) is 0 Å². The molecule has 106 valence electrons. The number of ketones is 1. The average Bonchev–Trinajstić information content (AvgIpc) is 2.87. The fraction of sp³-hybridized carbons (Fsp3) is 0.231. The number of alkyl halides is 3. The molecule has 0 aliphatic rings. The summed E-state index contributed by atoms with van der Waals surface area (Å²) in [7, 11) is 0. The van der Waals surface area contributed by atoms with E-state index >= 15 is 0 Å². The van der Waals surface area contributed by atoms with Crippen molar-refractivity contribution in [2.75, 3.05) is 5.75 Å². The summed E-state index contributed by atoms with van der Waals surface area (Å²) in [4.78, 5) is 16.1. The number of hydrogen-bond donors (Lipinski definition) is 0. The predicted molar refractivity (Wildman–Crippen MR) is 73.3 cm³/mol. The number of benzene rings is 1. The maximum Gasteiger partial charge on any atom is 0.443 e. The van der Waals surface area contributed by atoms with Crippen LogP contribution in [0.1, 0.15) is 20.2 Å². The van der Waals surface area contributed by atoms with Crippen molar-refractivity contribution in [3.63, 3.8) is 0 Å². The lowest BCUT2D eigenvalue weighted by atomic mass is 10.2. The molecule has 0 unspecified atom stereocenters. The first-order valence-electron chi connectivity index (χ1n) is 5.62. The number of rotatable bonds is 4. The fourth-order valence-electron chi connectivity index (χ4n) is 1.47. The lowest BCUT2D eigenvalue weighted by molar-refractivity contribution is -0.137. The Morgan fingerprint density at radius 3 is 2.65 bits per heavy atom. The van der Waals surface area contributed by atoms with Gasteiger partial charge in [-0.1, -0.05) is 18.2 Å². The van der Waals surface area contributed by atoms with Crippen molar-refractivity contribution < 1.29 is 18.0 Å². The highest BCUT2D eigenvalue weighted by Gasteiger charge is 2.35. The van der Waals surface area contributed by atoms with E-state index in [1.165, 1.54) is 11.8 Å². The fourth-order valence-corrected chi connectivity index (χ4v) is 3.19. The molecule has 1 aromatic heterocycles. The normalized spacial score (nSPS) is 11.6. The molecule has 1 aromatic carbocycles. The van der Waals surface area contributed by atoms with E-state index in [9.17, 15) is 18.0 Å². The number of Topliss-reactive ketones (excluding diaryl/α,β-unsaturated/α-hetero) is 1. The molecule has 0 saturated carbocycles. The zero-order valence-corrected chi connectivity index (χ0v) is 12.0. The van der Waals surface area contributed by atoms with Gasteiger partial charge in [0, 0.05) is 11.1 Å². The second-order valence-electron chi connectivity index (χ2n) is 4.00. The molecule has 0 amide bonds. The van der Waals surface area contributed by atoms with Gasteiger partial charge < -0.3 is 0 Å². The monoisotopic (exact) mass is 317 g/mol. The SMILES string of the molecule is Cc1ccccc1SCC(=O)c1cnc(C(F)(F)F)s1. The van der Waals surface area contributed by atoms with Crippen LogP contribution in [0.3, 0.4) is 0 Å². The molecule has 1 heterocycles. The lowest BCUT2D eigenvalue weighted by Gasteiger charge is -2.03. The summed E-state index contributed by atoms with van der Waals surface area (Å²) in [6, 6.07) is 7.54. The number of hydrogen-bond acceptors (Lipinski definition) is 4. The van der Waals surface area contributed by atoms with Crippen LogP contribution in [-0.2, 0) is 6.18 Å². The van der Waals surface area contributed by atoms with E-state index in [2.05, 4.69) is 4.98 Å². The Hall–Kier alpha value is -1.34. The van der Waals surface area contributed by atoms with Crippen molar-refractivity contribution in [2.45, 2.75) is 18.0 Å². The largest absolute Gasteiger partial charge is 0.443 e. The molecule has 0 atom stereocenters. The third-order valence-corrected chi connectivity index (χ3v) is 4.73. The van der Waals surface area contributed by atoms with E-state index in [1.807, 2.05) is 31.2 Å². The van der Waals surface area contributed by atoms with Gasteiger partial charge in [0.1, 0.15) is 0 Å². The van der Waals surface area contributed by atoms with Crippen LogP contribution in [0.25, 0.3) is 0 Å². The highest BCUT2D eigenvalue weighted by Crippen LogP contribution is 2.33. The molecule has 7 heteroatoms. The maximum absolute atomic E-state index is 12.4. The van der Waals surface area contributed by atoms with Crippen molar-refractivity contribution in [3.05, 3.63) is 45.9 Å². The highest BCUT2D eigenvalue weighted by atomic mass is 32.2. The van der Waals surface area contributed by atoms with Crippen molar-refractivity contribution in [2.24, 2.45) is 0 Å². The minimum Gasteiger partial charge on any atom is -0.292 e. The quantitative estimate of drug-likeness (QED) is 0.616. The standard InChI is InChI=1S/C13H10F3NOS2/c1-8-4-2-3-5-10(8)19-7-9(18)11-6-17-12(20-11)13(14,15)16/h2-6H,7H2,1H3. The van der Waals surface area contributed by atoms with Gasteiger partial charge >= 0.3 is 6.18 Å². The minimum atomic E-state index is -4.49. The zero-order valence-electron chi connectivity index (χ0n) is 10.4. The summed E-state index contributed by atoms with van der Waals surface area (Å²) in [5.41, 5.74) is 1.03. The lowest BCUT2D eigenvalue weighted by Crippen LogP contribution is -2.03.